The van der Waals surface area contributed by atoms with E-state index in [1.54, 1.807) is 0 Å². The lowest BCUT2D eigenvalue weighted by Gasteiger charge is -2.28. The highest BCUT2D eigenvalue weighted by atomic mass is 19.4. The van der Waals surface area contributed by atoms with Crippen molar-refractivity contribution in [1.82, 2.24) is 5.32 Å². The van der Waals surface area contributed by atoms with Crippen LogP contribution >= 0.6 is 0 Å². The Morgan fingerprint density at radius 1 is 1.31 bits per heavy atom. The van der Waals surface area contributed by atoms with Crippen molar-refractivity contribution in [2.45, 2.75) is 44.8 Å². The fourth-order valence-electron chi connectivity index (χ4n) is 1.98. The van der Waals surface area contributed by atoms with Gasteiger partial charge in [-0.15, -0.1) is 0 Å². The Morgan fingerprint density at radius 3 is 2.31 bits per heavy atom. The van der Waals surface area contributed by atoms with Crippen LogP contribution < -0.4 is 5.32 Å². The molecule has 1 saturated carbocycles. The molecule has 0 aromatic heterocycles. The Labute approximate surface area is 93.8 Å². The van der Waals surface area contributed by atoms with Crippen LogP contribution in [-0.4, -0.2) is 18.8 Å². The van der Waals surface area contributed by atoms with Crippen LogP contribution in [-0.2, 0) is 0 Å². The van der Waals surface area contributed by atoms with E-state index in [4.69, 9.17) is 5.26 Å². The second-order valence-corrected chi connectivity index (χ2v) is 4.59. The summed E-state index contributed by atoms with van der Waals surface area (Å²) in [6, 6.07) is 1.45. The molecule has 0 aliphatic heterocycles. The van der Waals surface area contributed by atoms with E-state index < -0.39 is 12.1 Å². The van der Waals surface area contributed by atoms with Crippen molar-refractivity contribution in [2.24, 2.45) is 11.8 Å². The van der Waals surface area contributed by atoms with Crippen LogP contribution in [0.2, 0.25) is 0 Å². The number of hydrogen-bond donors (Lipinski definition) is 1. The molecule has 1 aliphatic rings. The van der Waals surface area contributed by atoms with E-state index in [0.717, 1.165) is 25.7 Å². The molecule has 0 saturated heterocycles. The normalized spacial score (nSPS) is 28.4. The highest BCUT2D eigenvalue weighted by Gasteiger charge is 2.39. The topological polar surface area (TPSA) is 35.8 Å². The molecule has 2 nitrogen and oxygen atoms in total. The molecule has 0 bridgehead atoms. The summed E-state index contributed by atoms with van der Waals surface area (Å²) in [5.41, 5.74) is 0. The lowest BCUT2D eigenvalue weighted by atomic mass is 9.87. The number of nitriles is 1. The molecule has 5 heteroatoms. The highest BCUT2D eigenvalue weighted by molar-refractivity contribution is 4.91. The van der Waals surface area contributed by atoms with Crippen molar-refractivity contribution in [2.75, 3.05) is 6.54 Å². The van der Waals surface area contributed by atoms with Gasteiger partial charge in [-0.05, 0) is 31.6 Å². The largest absolute Gasteiger partial charge is 0.405 e. The predicted molar refractivity (Wildman–Crippen MR) is 54.6 cm³/mol. The van der Waals surface area contributed by atoms with Crippen molar-refractivity contribution >= 4 is 0 Å². The van der Waals surface area contributed by atoms with E-state index in [1.165, 1.54) is 6.07 Å². The lowest BCUT2D eigenvalue weighted by Crippen LogP contribution is -2.39. The van der Waals surface area contributed by atoms with E-state index in [0.29, 0.717) is 5.92 Å². The summed E-state index contributed by atoms with van der Waals surface area (Å²) in [5.74, 6) is -1.21. The summed E-state index contributed by atoms with van der Waals surface area (Å²) >= 11 is 0. The molecule has 1 fully saturated rings. The summed E-state index contributed by atoms with van der Waals surface area (Å²) in [6.07, 6.45) is -0.472. The van der Waals surface area contributed by atoms with Gasteiger partial charge in [-0.25, -0.2) is 0 Å². The van der Waals surface area contributed by atoms with Crippen molar-refractivity contribution < 1.29 is 13.2 Å². The standard InChI is InChI=1S/C11H17F3N2/c1-8-2-4-10(5-3-8)16-7-9(6-15)11(12,13)14/h8-10,16H,2-5,7H2,1H3. The van der Waals surface area contributed by atoms with Crippen LogP contribution in [0.4, 0.5) is 13.2 Å². The molecule has 1 rings (SSSR count). The van der Waals surface area contributed by atoms with Crippen LogP contribution in [0, 0.1) is 23.2 Å². The van der Waals surface area contributed by atoms with Gasteiger partial charge >= 0.3 is 6.18 Å². The van der Waals surface area contributed by atoms with Gasteiger partial charge in [-0.3, -0.25) is 0 Å². The first kappa shape index (κ1) is 13.3. The number of nitrogens with zero attached hydrogens (tertiary/aromatic N) is 1. The molecule has 0 heterocycles. The quantitative estimate of drug-likeness (QED) is 0.815. The number of hydrogen-bond acceptors (Lipinski definition) is 2. The van der Waals surface area contributed by atoms with E-state index in [1.807, 2.05) is 0 Å². The molecule has 0 aromatic carbocycles. The SMILES string of the molecule is CC1CCC(NCC(C#N)C(F)(F)F)CC1. The van der Waals surface area contributed by atoms with Crippen LogP contribution in [0.15, 0.2) is 0 Å². The third-order valence-electron chi connectivity index (χ3n) is 3.18. The smallest absolute Gasteiger partial charge is 0.312 e. The van der Waals surface area contributed by atoms with Crippen molar-refractivity contribution in [3.05, 3.63) is 0 Å². The average Bonchev–Trinajstić information content (AvgIpc) is 2.19. The Morgan fingerprint density at radius 2 is 1.88 bits per heavy atom. The van der Waals surface area contributed by atoms with Crippen LogP contribution in [0.1, 0.15) is 32.6 Å². The summed E-state index contributed by atoms with van der Waals surface area (Å²) in [6.45, 7) is 1.88. The van der Waals surface area contributed by atoms with E-state index in [9.17, 15) is 13.2 Å². The molecule has 1 aliphatic carbocycles. The minimum absolute atomic E-state index is 0.148. The fraction of sp³-hybridized carbons (Fsp3) is 0.909. The summed E-state index contributed by atoms with van der Waals surface area (Å²) < 4.78 is 36.8. The molecule has 0 amide bonds. The van der Waals surface area contributed by atoms with Crippen molar-refractivity contribution in [3.8, 4) is 6.07 Å². The molecule has 0 radical (unpaired) electrons. The maximum Gasteiger partial charge on any atom is 0.405 e. The van der Waals surface area contributed by atoms with Crippen LogP contribution in [0.3, 0.4) is 0 Å². The zero-order valence-corrected chi connectivity index (χ0v) is 9.35. The molecule has 0 spiro atoms. The van der Waals surface area contributed by atoms with E-state index >= 15 is 0 Å². The van der Waals surface area contributed by atoms with Crippen LogP contribution in [0.25, 0.3) is 0 Å². The predicted octanol–water partition coefficient (Wildman–Crippen LogP) is 2.86. The van der Waals surface area contributed by atoms with Gasteiger partial charge in [0.2, 0.25) is 0 Å². The third-order valence-corrected chi connectivity index (χ3v) is 3.18. The van der Waals surface area contributed by atoms with Gasteiger partial charge in [-0.1, -0.05) is 6.92 Å². The molecule has 1 atom stereocenters. The van der Waals surface area contributed by atoms with Gasteiger partial charge in [0.25, 0.3) is 0 Å². The van der Waals surface area contributed by atoms with Gasteiger partial charge in [0.05, 0.1) is 6.07 Å². The monoisotopic (exact) mass is 234 g/mol. The van der Waals surface area contributed by atoms with Gasteiger partial charge in [0.1, 0.15) is 0 Å². The third kappa shape index (κ3) is 4.01. The van der Waals surface area contributed by atoms with Gasteiger partial charge in [-0.2, -0.15) is 18.4 Å². The molecule has 1 unspecified atom stereocenters. The first-order chi connectivity index (χ1) is 7.43. The number of nitrogens with one attached hydrogen (secondary N) is 1. The molecule has 1 N–H and O–H groups in total. The Hall–Kier alpha value is -0.760. The first-order valence-electron chi connectivity index (χ1n) is 5.63. The number of halogens is 3. The van der Waals surface area contributed by atoms with Crippen LogP contribution in [0.5, 0.6) is 0 Å². The van der Waals surface area contributed by atoms with Crippen molar-refractivity contribution in [3.63, 3.8) is 0 Å². The first-order valence-corrected chi connectivity index (χ1v) is 5.63. The molecule has 16 heavy (non-hydrogen) atoms. The maximum absolute atomic E-state index is 12.3. The molecular weight excluding hydrogens is 217 g/mol. The Balaban J connectivity index is 2.31. The Bertz CT molecular complexity index is 249. The number of rotatable bonds is 3. The summed E-state index contributed by atoms with van der Waals surface area (Å²) in [7, 11) is 0. The molecule has 0 aromatic rings. The van der Waals surface area contributed by atoms with Gasteiger partial charge in [0.15, 0.2) is 5.92 Å². The average molecular weight is 234 g/mol. The van der Waals surface area contributed by atoms with Gasteiger partial charge in [0, 0.05) is 12.6 Å². The second-order valence-electron chi connectivity index (χ2n) is 4.59. The lowest BCUT2D eigenvalue weighted by molar-refractivity contribution is -0.158. The zero-order chi connectivity index (χ0) is 12.2. The Kier molecular flexibility index (Phi) is 4.60. The molecular formula is C11H17F3N2. The summed E-state index contributed by atoms with van der Waals surface area (Å²) in [5, 5.41) is 11.3. The van der Waals surface area contributed by atoms with Crippen molar-refractivity contribution in [1.29, 1.82) is 5.26 Å². The van der Waals surface area contributed by atoms with Gasteiger partial charge < -0.3 is 5.32 Å². The zero-order valence-electron chi connectivity index (χ0n) is 9.35. The van der Waals surface area contributed by atoms with E-state index in [-0.39, 0.29) is 12.6 Å². The van der Waals surface area contributed by atoms with E-state index in [2.05, 4.69) is 12.2 Å². The number of alkyl halides is 3. The minimum atomic E-state index is -4.41. The minimum Gasteiger partial charge on any atom is -0.312 e. The second kappa shape index (κ2) is 5.53. The fourth-order valence-corrected chi connectivity index (χ4v) is 1.98. The molecule has 92 valence electrons. The maximum atomic E-state index is 12.3. The highest BCUT2D eigenvalue weighted by Crippen LogP contribution is 2.27. The summed E-state index contributed by atoms with van der Waals surface area (Å²) in [4.78, 5) is 0.